The van der Waals surface area contributed by atoms with E-state index >= 15 is 0 Å². The summed E-state index contributed by atoms with van der Waals surface area (Å²) in [5.41, 5.74) is 0. The fourth-order valence-electron chi connectivity index (χ4n) is 2.06. The van der Waals surface area contributed by atoms with Gasteiger partial charge in [0.2, 0.25) is 0 Å². The van der Waals surface area contributed by atoms with Crippen LogP contribution >= 0.6 is 0 Å². The lowest BCUT2D eigenvalue weighted by Crippen LogP contribution is -2.32. The summed E-state index contributed by atoms with van der Waals surface area (Å²) in [6, 6.07) is 0. The first-order valence-electron chi connectivity index (χ1n) is 7.46. The van der Waals surface area contributed by atoms with E-state index in [1.807, 2.05) is 0 Å². The first kappa shape index (κ1) is 16.0. The van der Waals surface area contributed by atoms with E-state index in [4.69, 9.17) is 0 Å². The van der Waals surface area contributed by atoms with E-state index in [2.05, 4.69) is 32.6 Å². The highest BCUT2D eigenvalue weighted by atomic mass is 15.1. The summed E-state index contributed by atoms with van der Waals surface area (Å²) in [6.45, 7) is 13.0. The lowest BCUT2D eigenvalue weighted by Gasteiger charge is -2.28. The lowest BCUT2D eigenvalue weighted by molar-refractivity contribution is 0.201. The van der Waals surface area contributed by atoms with E-state index < -0.39 is 0 Å². The number of likely N-dealkylation sites (tertiary alicyclic amines) is 1. The monoisotopic (exact) mass is 227 g/mol. The van der Waals surface area contributed by atoms with Gasteiger partial charge in [-0.3, -0.25) is 0 Å². The zero-order valence-electron chi connectivity index (χ0n) is 12.1. The topological polar surface area (TPSA) is 3.24 Å². The first-order chi connectivity index (χ1) is 7.74. The van der Waals surface area contributed by atoms with Gasteiger partial charge in [-0.15, -0.1) is 0 Å². The van der Waals surface area contributed by atoms with Gasteiger partial charge in [0.05, 0.1) is 0 Å². The largest absolute Gasteiger partial charge is 0.304 e. The van der Waals surface area contributed by atoms with Gasteiger partial charge < -0.3 is 4.90 Å². The molecule has 0 spiro atoms. The molecule has 1 heterocycles. The van der Waals surface area contributed by atoms with Gasteiger partial charge >= 0.3 is 0 Å². The Balaban J connectivity index is 0.000000293. The second-order valence-corrected chi connectivity index (χ2v) is 5.18. The predicted octanol–water partition coefficient (Wildman–Crippen LogP) is 4.71. The molecule has 0 N–H and O–H groups in total. The average Bonchev–Trinajstić information content (AvgIpc) is 2.32. The van der Waals surface area contributed by atoms with Crippen LogP contribution in [-0.2, 0) is 0 Å². The Morgan fingerprint density at radius 1 is 0.875 bits per heavy atom. The number of rotatable bonds is 5. The van der Waals surface area contributed by atoms with Gasteiger partial charge in [0.25, 0.3) is 0 Å². The van der Waals surface area contributed by atoms with E-state index in [0.717, 1.165) is 5.92 Å². The van der Waals surface area contributed by atoms with Crippen molar-refractivity contribution in [3.05, 3.63) is 0 Å². The molecule has 1 aliphatic heterocycles. The maximum absolute atomic E-state index is 2.53. The SMILES string of the molecule is CCCCCCC.CCN1CCC(C)CC1. The van der Waals surface area contributed by atoms with Crippen LogP contribution in [-0.4, -0.2) is 24.5 Å². The molecule has 0 aromatic carbocycles. The van der Waals surface area contributed by atoms with Crippen molar-refractivity contribution in [2.75, 3.05) is 19.6 Å². The van der Waals surface area contributed by atoms with Gasteiger partial charge in [0.15, 0.2) is 0 Å². The summed E-state index contributed by atoms with van der Waals surface area (Å²) < 4.78 is 0. The van der Waals surface area contributed by atoms with Gasteiger partial charge in [-0.1, -0.05) is 59.8 Å². The summed E-state index contributed by atoms with van der Waals surface area (Å²) in [7, 11) is 0. The van der Waals surface area contributed by atoms with Crippen molar-refractivity contribution in [1.82, 2.24) is 4.90 Å². The fraction of sp³-hybridized carbons (Fsp3) is 1.00. The van der Waals surface area contributed by atoms with Gasteiger partial charge in [-0.2, -0.15) is 0 Å². The molecule has 0 bridgehead atoms. The number of piperidine rings is 1. The Morgan fingerprint density at radius 3 is 1.75 bits per heavy atom. The van der Waals surface area contributed by atoms with E-state index in [0.29, 0.717) is 0 Å². The quantitative estimate of drug-likeness (QED) is 0.615. The highest BCUT2D eigenvalue weighted by molar-refractivity contribution is 4.67. The molecule has 1 rings (SSSR count). The van der Waals surface area contributed by atoms with Crippen molar-refractivity contribution in [2.45, 2.75) is 72.6 Å². The zero-order chi connectivity index (χ0) is 12.2. The zero-order valence-corrected chi connectivity index (χ0v) is 12.1. The molecule has 0 saturated carbocycles. The second kappa shape index (κ2) is 11.4. The minimum atomic E-state index is 0.979. The maximum atomic E-state index is 2.53. The molecule has 1 nitrogen and oxygen atoms in total. The summed E-state index contributed by atoms with van der Waals surface area (Å²) in [5, 5.41) is 0. The fourth-order valence-corrected chi connectivity index (χ4v) is 2.06. The molecule has 98 valence electrons. The Hall–Kier alpha value is -0.0400. The molecular weight excluding hydrogens is 194 g/mol. The normalized spacial score (nSPS) is 18.0. The molecule has 1 aliphatic rings. The van der Waals surface area contributed by atoms with Crippen molar-refractivity contribution in [1.29, 1.82) is 0 Å². The van der Waals surface area contributed by atoms with Crippen LogP contribution in [0.3, 0.4) is 0 Å². The van der Waals surface area contributed by atoms with Crippen LogP contribution in [0.25, 0.3) is 0 Å². The molecule has 0 amide bonds. The van der Waals surface area contributed by atoms with Crippen LogP contribution in [0.4, 0.5) is 0 Å². The molecular formula is C15H33N. The molecule has 0 radical (unpaired) electrons. The van der Waals surface area contributed by atoms with Crippen LogP contribution in [0.2, 0.25) is 0 Å². The van der Waals surface area contributed by atoms with Crippen molar-refractivity contribution < 1.29 is 0 Å². The number of hydrogen-bond donors (Lipinski definition) is 0. The minimum Gasteiger partial charge on any atom is -0.304 e. The van der Waals surface area contributed by atoms with Gasteiger partial charge in [-0.25, -0.2) is 0 Å². The van der Waals surface area contributed by atoms with Crippen molar-refractivity contribution in [2.24, 2.45) is 5.92 Å². The first-order valence-corrected chi connectivity index (χ1v) is 7.46. The third-order valence-electron chi connectivity index (χ3n) is 3.53. The third kappa shape index (κ3) is 9.21. The lowest BCUT2D eigenvalue weighted by atomic mass is 9.99. The van der Waals surface area contributed by atoms with Crippen LogP contribution < -0.4 is 0 Å². The average molecular weight is 227 g/mol. The van der Waals surface area contributed by atoms with Gasteiger partial charge in [0, 0.05) is 0 Å². The predicted molar refractivity (Wildman–Crippen MR) is 74.9 cm³/mol. The summed E-state index contributed by atoms with van der Waals surface area (Å²) >= 11 is 0. The highest BCUT2D eigenvalue weighted by Gasteiger charge is 2.12. The van der Waals surface area contributed by atoms with Crippen molar-refractivity contribution >= 4 is 0 Å². The molecule has 0 aromatic rings. The Labute approximate surface area is 104 Å². The Morgan fingerprint density at radius 2 is 1.38 bits per heavy atom. The molecule has 0 atom stereocenters. The van der Waals surface area contributed by atoms with Crippen LogP contribution in [0.15, 0.2) is 0 Å². The summed E-state index contributed by atoms with van der Waals surface area (Å²) in [6.07, 6.45) is 9.83. The van der Waals surface area contributed by atoms with Crippen molar-refractivity contribution in [3.63, 3.8) is 0 Å². The number of unbranched alkanes of at least 4 members (excludes halogenated alkanes) is 4. The second-order valence-electron chi connectivity index (χ2n) is 5.18. The van der Waals surface area contributed by atoms with E-state index in [1.54, 1.807) is 0 Å². The van der Waals surface area contributed by atoms with Crippen molar-refractivity contribution in [3.8, 4) is 0 Å². The molecule has 1 heteroatoms. The molecule has 0 unspecified atom stereocenters. The van der Waals surface area contributed by atoms with E-state index in [9.17, 15) is 0 Å². The van der Waals surface area contributed by atoms with Crippen LogP contribution in [0, 0.1) is 5.92 Å². The summed E-state index contributed by atoms with van der Waals surface area (Å²) in [5.74, 6) is 0.979. The number of nitrogens with zero attached hydrogens (tertiary/aromatic N) is 1. The van der Waals surface area contributed by atoms with E-state index in [1.165, 1.54) is 64.6 Å². The van der Waals surface area contributed by atoms with Gasteiger partial charge in [-0.05, 0) is 38.4 Å². The Bertz CT molecular complexity index is 121. The smallest absolute Gasteiger partial charge is 0.00163 e. The molecule has 1 fully saturated rings. The highest BCUT2D eigenvalue weighted by Crippen LogP contribution is 2.14. The minimum absolute atomic E-state index is 0.979. The van der Waals surface area contributed by atoms with Crippen LogP contribution in [0.1, 0.15) is 72.6 Å². The molecule has 16 heavy (non-hydrogen) atoms. The third-order valence-corrected chi connectivity index (χ3v) is 3.53. The number of hydrogen-bond acceptors (Lipinski definition) is 1. The summed E-state index contributed by atoms with van der Waals surface area (Å²) in [4.78, 5) is 2.53. The van der Waals surface area contributed by atoms with Crippen LogP contribution in [0.5, 0.6) is 0 Å². The van der Waals surface area contributed by atoms with E-state index in [-0.39, 0.29) is 0 Å². The standard InChI is InChI=1S/C8H17N.C7H16/c1-3-9-6-4-8(2)5-7-9;1-3-5-7-6-4-2/h8H,3-7H2,1-2H3;3-7H2,1-2H3. The molecule has 0 aromatic heterocycles. The Kier molecular flexibility index (Phi) is 11.4. The maximum Gasteiger partial charge on any atom is -0.00163 e. The molecule has 1 saturated heterocycles. The van der Waals surface area contributed by atoms with Gasteiger partial charge in [0.1, 0.15) is 0 Å². The molecule has 0 aliphatic carbocycles.